The minimum atomic E-state index is -0.978. The SMILES string of the molecule is CCOC(=O)c1nc(Sc2ccnc(NCc3ccc(OC)cc3OC)n2)c(C)nc1N1CCC2(CC1)Cc1ccccc1[C@H]2C[S@@+]([O-])C(C)(C)C. The van der Waals surface area contributed by atoms with Crippen LogP contribution in [0.2, 0.25) is 0 Å². The van der Waals surface area contributed by atoms with Gasteiger partial charge in [0.1, 0.15) is 32.1 Å². The summed E-state index contributed by atoms with van der Waals surface area (Å²) in [4.78, 5) is 34.5. The zero-order valence-corrected chi connectivity index (χ0v) is 32.7. The van der Waals surface area contributed by atoms with E-state index in [9.17, 15) is 9.35 Å². The summed E-state index contributed by atoms with van der Waals surface area (Å²) in [6.07, 6.45) is 4.44. The van der Waals surface area contributed by atoms with Crippen molar-refractivity contribution in [2.24, 2.45) is 5.41 Å². The van der Waals surface area contributed by atoms with Crippen LogP contribution in [0.3, 0.4) is 0 Å². The molecule has 3 heterocycles. The van der Waals surface area contributed by atoms with Crippen molar-refractivity contribution in [1.29, 1.82) is 0 Å². The third-order valence-electron chi connectivity index (χ3n) is 10.0. The minimum absolute atomic E-state index is 0.000712. The quantitative estimate of drug-likeness (QED) is 0.0909. The maximum atomic E-state index is 13.5. The Balaban J connectivity index is 1.21. The Bertz CT molecular complexity index is 1900. The van der Waals surface area contributed by atoms with E-state index in [1.54, 1.807) is 33.4 Å². The first-order valence-electron chi connectivity index (χ1n) is 17.7. The molecule has 6 rings (SSSR count). The van der Waals surface area contributed by atoms with E-state index < -0.39 is 17.1 Å². The van der Waals surface area contributed by atoms with Crippen LogP contribution in [0, 0.1) is 12.3 Å². The summed E-state index contributed by atoms with van der Waals surface area (Å²) < 4.78 is 29.5. The number of nitrogens with zero attached hydrogens (tertiary/aromatic N) is 5. The van der Waals surface area contributed by atoms with Gasteiger partial charge in [-0.05, 0) is 112 Å². The van der Waals surface area contributed by atoms with Crippen molar-refractivity contribution in [3.63, 3.8) is 0 Å². The average molecular weight is 745 g/mol. The molecule has 1 aliphatic heterocycles. The summed E-state index contributed by atoms with van der Waals surface area (Å²) in [6.45, 7) is 11.9. The molecule has 0 amide bonds. The lowest BCUT2D eigenvalue weighted by Gasteiger charge is -2.44. The largest absolute Gasteiger partial charge is 0.616 e. The highest BCUT2D eigenvalue weighted by molar-refractivity contribution is 7.99. The van der Waals surface area contributed by atoms with Crippen LogP contribution >= 0.6 is 11.8 Å². The van der Waals surface area contributed by atoms with E-state index >= 15 is 0 Å². The second-order valence-corrected chi connectivity index (χ2v) is 17.5. The van der Waals surface area contributed by atoms with E-state index in [1.807, 2.05) is 25.1 Å². The van der Waals surface area contributed by atoms with Crippen LogP contribution in [0.1, 0.15) is 79.3 Å². The van der Waals surface area contributed by atoms with Gasteiger partial charge in [-0.25, -0.2) is 24.7 Å². The van der Waals surface area contributed by atoms with Crippen molar-refractivity contribution in [3.8, 4) is 11.5 Å². The summed E-state index contributed by atoms with van der Waals surface area (Å²) in [5, 5.41) is 4.49. The van der Waals surface area contributed by atoms with Crippen molar-refractivity contribution in [1.82, 2.24) is 19.9 Å². The third kappa shape index (κ3) is 8.11. The highest BCUT2D eigenvalue weighted by Crippen LogP contribution is 2.54. The van der Waals surface area contributed by atoms with Gasteiger partial charge in [-0.15, -0.1) is 0 Å². The molecule has 1 spiro atoms. The minimum Gasteiger partial charge on any atom is -0.616 e. The zero-order chi connectivity index (χ0) is 37.0. The molecule has 1 fully saturated rings. The van der Waals surface area contributed by atoms with Crippen molar-refractivity contribution in [2.75, 3.05) is 49.9 Å². The molecule has 2 aromatic carbocycles. The lowest BCUT2D eigenvalue weighted by molar-refractivity contribution is 0.0518. The monoisotopic (exact) mass is 744 g/mol. The number of benzene rings is 2. The number of nitrogens with one attached hydrogen (secondary N) is 1. The molecule has 13 heteroatoms. The standard InChI is InChI=1S/C39H48N6O5S2/c1-8-50-36(46)33-34(45-19-16-39(17-20-45)22-26-11-9-10-12-29(26)30(39)24-52(47)38(3,4)5)42-25(2)35(44-33)51-32-15-18-40-37(43-32)41-23-27-13-14-28(48-6)21-31(27)49-7/h9-15,18,21,30H,8,16-17,19-20,22-24H2,1-7H3,(H,40,41,43)/t30-,52-/m1/s1. The lowest BCUT2D eigenvalue weighted by Crippen LogP contribution is -2.45. The van der Waals surface area contributed by atoms with E-state index in [1.165, 1.54) is 22.9 Å². The van der Waals surface area contributed by atoms with Gasteiger partial charge in [-0.3, -0.25) is 0 Å². The second-order valence-electron chi connectivity index (χ2n) is 14.3. The fourth-order valence-corrected chi connectivity index (χ4v) is 9.25. The number of hydrogen-bond acceptors (Lipinski definition) is 12. The van der Waals surface area contributed by atoms with Crippen LogP contribution in [-0.2, 0) is 28.9 Å². The van der Waals surface area contributed by atoms with E-state index in [0.717, 1.165) is 24.8 Å². The lowest BCUT2D eigenvalue weighted by atomic mass is 9.70. The normalized spacial score (nSPS) is 17.1. The number of fused-ring (bicyclic) bond motifs is 1. The first kappa shape index (κ1) is 37.7. The highest BCUT2D eigenvalue weighted by Gasteiger charge is 2.50. The molecule has 1 N–H and O–H groups in total. The first-order chi connectivity index (χ1) is 24.9. The first-order valence-corrected chi connectivity index (χ1v) is 19.8. The molecule has 2 atom stereocenters. The van der Waals surface area contributed by atoms with E-state index in [0.29, 0.717) is 64.4 Å². The number of methoxy groups -OCH3 is 2. The number of piperidine rings is 1. The molecule has 276 valence electrons. The second kappa shape index (κ2) is 15.9. The van der Waals surface area contributed by atoms with E-state index in [-0.39, 0.29) is 28.4 Å². The number of aryl methyl sites for hydroxylation is 1. The molecule has 1 aliphatic carbocycles. The molecular weight excluding hydrogens is 697 g/mol. The summed E-state index contributed by atoms with van der Waals surface area (Å²) in [7, 11) is 3.24. The predicted molar refractivity (Wildman–Crippen MR) is 205 cm³/mol. The third-order valence-corrected chi connectivity index (χ3v) is 13.0. The molecule has 4 aromatic rings. The molecular formula is C39H48N6O5S2. The van der Waals surface area contributed by atoms with Gasteiger partial charge in [0.05, 0.1) is 26.5 Å². The number of carbonyl (C=O) groups is 1. The number of anilines is 2. The summed E-state index contributed by atoms with van der Waals surface area (Å²) in [6, 6.07) is 16.1. The van der Waals surface area contributed by atoms with Gasteiger partial charge in [0, 0.05) is 43.4 Å². The molecule has 0 radical (unpaired) electrons. The summed E-state index contributed by atoms with van der Waals surface area (Å²) in [5.41, 5.74) is 4.51. The van der Waals surface area contributed by atoms with Gasteiger partial charge < -0.3 is 29.0 Å². The van der Waals surface area contributed by atoms with Gasteiger partial charge in [0.15, 0.2) is 11.5 Å². The maximum Gasteiger partial charge on any atom is 0.360 e. The van der Waals surface area contributed by atoms with Gasteiger partial charge in [-0.1, -0.05) is 24.3 Å². The number of hydrogen-bond donors (Lipinski definition) is 1. The number of esters is 1. The topological polar surface area (TPSA) is 135 Å². The van der Waals surface area contributed by atoms with Crippen LogP contribution in [0.25, 0.3) is 0 Å². The van der Waals surface area contributed by atoms with E-state index in [4.69, 9.17) is 29.2 Å². The fraction of sp³-hybridized carbons (Fsp3) is 0.462. The van der Waals surface area contributed by atoms with Crippen molar-refractivity contribution < 1.29 is 23.6 Å². The molecule has 1 saturated heterocycles. The van der Waals surface area contributed by atoms with Crippen molar-refractivity contribution in [3.05, 3.63) is 82.8 Å². The Morgan fingerprint density at radius 1 is 1.08 bits per heavy atom. The number of rotatable bonds is 12. The Hall–Kier alpha value is -4.07. The molecule has 52 heavy (non-hydrogen) atoms. The smallest absolute Gasteiger partial charge is 0.360 e. The Morgan fingerprint density at radius 3 is 2.56 bits per heavy atom. The number of carbonyl (C=O) groups excluding carboxylic acids is 1. The summed E-state index contributed by atoms with van der Waals surface area (Å²) >= 11 is 0.345. The van der Waals surface area contributed by atoms with Gasteiger partial charge in [0.25, 0.3) is 0 Å². The molecule has 0 unspecified atom stereocenters. The Morgan fingerprint density at radius 2 is 1.85 bits per heavy atom. The Labute approximate surface area is 313 Å². The summed E-state index contributed by atoms with van der Waals surface area (Å²) in [5.74, 6) is 2.75. The molecule has 2 aromatic heterocycles. The van der Waals surface area contributed by atoms with Crippen LogP contribution in [0.5, 0.6) is 11.5 Å². The van der Waals surface area contributed by atoms with Crippen molar-refractivity contribution >= 4 is 40.7 Å². The molecule has 0 bridgehead atoms. The van der Waals surface area contributed by atoms with Crippen LogP contribution in [0.4, 0.5) is 11.8 Å². The molecule has 2 aliphatic rings. The molecule has 11 nitrogen and oxygen atoms in total. The van der Waals surface area contributed by atoms with Gasteiger partial charge in [-0.2, -0.15) is 0 Å². The highest BCUT2D eigenvalue weighted by atomic mass is 32.2. The number of ether oxygens (including phenoxy) is 3. The predicted octanol–water partition coefficient (Wildman–Crippen LogP) is 7.01. The van der Waals surface area contributed by atoms with Crippen LogP contribution in [-0.4, -0.2) is 74.9 Å². The average Bonchev–Trinajstić information content (AvgIpc) is 3.43. The number of aromatic nitrogens is 4. The van der Waals surface area contributed by atoms with Crippen molar-refractivity contribution in [2.45, 2.75) is 81.1 Å². The van der Waals surface area contributed by atoms with Crippen LogP contribution < -0.4 is 19.7 Å². The fourth-order valence-electron chi connectivity index (χ4n) is 7.13. The van der Waals surface area contributed by atoms with Crippen LogP contribution in [0.15, 0.2) is 64.8 Å². The van der Waals surface area contributed by atoms with Gasteiger partial charge in [0.2, 0.25) is 5.95 Å². The molecule has 0 saturated carbocycles. The Kier molecular flexibility index (Phi) is 11.5. The van der Waals surface area contributed by atoms with E-state index in [2.05, 4.69) is 60.2 Å². The maximum absolute atomic E-state index is 13.5. The zero-order valence-electron chi connectivity index (χ0n) is 31.0. The van der Waals surface area contributed by atoms with Gasteiger partial charge >= 0.3 is 5.97 Å².